The standard InChI is InChI=1S/C21H26N2O3S/c1-4-25-19-7-5-6-17(14-19)22-21(27)23-20(24)16-8-10-18(11-9-16)26-13-12-15(2)3/h5-11,14-15H,4,12-13H2,1-3H3,(H2,22,23,24,27). The van der Waals surface area contributed by atoms with E-state index in [9.17, 15) is 4.79 Å². The molecule has 5 nitrogen and oxygen atoms in total. The van der Waals surface area contributed by atoms with Crippen molar-refractivity contribution in [3.8, 4) is 11.5 Å². The molecule has 0 aliphatic carbocycles. The molecule has 0 fully saturated rings. The number of thiocarbonyl (C=S) groups is 1. The van der Waals surface area contributed by atoms with Gasteiger partial charge in [0.05, 0.1) is 13.2 Å². The van der Waals surface area contributed by atoms with Crippen LogP contribution in [-0.4, -0.2) is 24.2 Å². The maximum Gasteiger partial charge on any atom is 0.257 e. The van der Waals surface area contributed by atoms with Gasteiger partial charge in [-0.25, -0.2) is 0 Å². The van der Waals surface area contributed by atoms with Crippen LogP contribution in [0.1, 0.15) is 37.6 Å². The van der Waals surface area contributed by atoms with Crippen molar-refractivity contribution in [2.45, 2.75) is 27.2 Å². The van der Waals surface area contributed by atoms with Crippen molar-refractivity contribution in [3.05, 3.63) is 54.1 Å². The molecule has 144 valence electrons. The zero-order chi connectivity index (χ0) is 19.6. The SMILES string of the molecule is CCOc1cccc(NC(=S)NC(=O)c2ccc(OCCC(C)C)cc2)c1. The first-order chi connectivity index (χ1) is 13.0. The Kier molecular flexibility index (Phi) is 8.07. The summed E-state index contributed by atoms with van der Waals surface area (Å²) in [6.07, 6.45) is 0.993. The number of anilines is 1. The van der Waals surface area contributed by atoms with Crippen LogP contribution in [0.5, 0.6) is 11.5 Å². The first-order valence-electron chi connectivity index (χ1n) is 9.06. The van der Waals surface area contributed by atoms with Crippen LogP contribution < -0.4 is 20.1 Å². The van der Waals surface area contributed by atoms with Crippen molar-refractivity contribution in [2.75, 3.05) is 18.5 Å². The minimum Gasteiger partial charge on any atom is -0.494 e. The molecule has 2 aromatic rings. The van der Waals surface area contributed by atoms with Gasteiger partial charge in [0.2, 0.25) is 0 Å². The smallest absolute Gasteiger partial charge is 0.257 e. The van der Waals surface area contributed by atoms with Crippen LogP contribution >= 0.6 is 12.2 Å². The van der Waals surface area contributed by atoms with Gasteiger partial charge in [-0.2, -0.15) is 0 Å². The molecule has 0 aliphatic rings. The van der Waals surface area contributed by atoms with Crippen molar-refractivity contribution >= 4 is 28.9 Å². The average Bonchev–Trinajstić information content (AvgIpc) is 2.62. The molecular weight excluding hydrogens is 360 g/mol. The summed E-state index contributed by atoms with van der Waals surface area (Å²) >= 11 is 5.22. The lowest BCUT2D eigenvalue weighted by atomic mass is 10.1. The zero-order valence-electron chi connectivity index (χ0n) is 16.0. The fraction of sp³-hybridized carbons (Fsp3) is 0.333. The van der Waals surface area contributed by atoms with Gasteiger partial charge >= 0.3 is 0 Å². The van der Waals surface area contributed by atoms with E-state index in [0.717, 1.165) is 23.6 Å². The number of rotatable bonds is 8. The normalized spacial score (nSPS) is 10.4. The van der Waals surface area contributed by atoms with Crippen LogP contribution in [0.3, 0.4) is 0 Å². The summed E-state index contributed by atoms with van der Waals surface area (Å²) in [6, 6.07) is 14.4. The van der Waals surface area contributed by atoms with Crippen LogP contribution in [0, 0.1) is 5.92 Å². The van der Waals surface area contributed by atoms with Crippen molar-refractivity contribution in [1.82, 2.24) is 5.32 Å². The highest BCUT2D eigenvalue weighted by Crippen LogP contribution is 2.17. The molecule has 27 heavy (non-hydrogen) atoms. The fourth-order valence-corrected chi connectivity index (χ4v) is 2.49. The molecule has 0 unspecified atom stereocenters. The van der Waals surface area contributed by atoms with Gasteiger partial charge in [0, 0.05) is 17.3 Å². The molecule has 0 aliphatic heterocycles. The topological polar surface area (TPSA) is 59.6 Å². The van der Waals surface area contributed by atoms with E-state index in [1.54, 1.807) is 24.3 Å². The molecular formula is C21H26N2O3S. The minimum absolute atomic E-state index is 0.228. The van der Waals surface area contributed by atoms with Gasteiger partial charge in [0.15, 0.2) is 5.11 Å². The number of nitrogens with one attached hydrogen (secondary N) is 2. The molecule has 2 N–H and O–H groups in total. The molecule has 0 saturated heterocycles. The van der Waals surface area contributed by atoms with E-state index < -0.39 is 0 Å². The molecule has 0 atom stereocenters. The van der Waals surface area contributed by atoms with E-state index in [-0.39, 0.29) is 11.0 Å². The highest BCUT2D eigenvalue weighted by molar-refractivity contribution is 7.80. The fourth-order valence-electron chi connectivity index (χ4n) is 2.28. The van der Waals surface area contributed by atoms with Gasteiger partial charge in [-0.05, 0) is 67.9 Å². The summed E-state index contributed by atoms with van der Waals surface area (Å²) in [5.41, 5.74) is 1.26. The van der Waals surface area contributed by atoms with Crippen LogP contribution in [-0.2, 0) is 0 Å². The highest BCUT2D eigenvalue weighted by Gasteiger charge is 2.09. The first-order valence-corrected chi connectivity index (χ1v) is 9.46. The Labute approximate surface area is 166 Å². The van der Waals surface area contributed by atoms with E-state index >= 15 is 0 Å². The Hall–Kier alpha value is -2.60. The third-order valence-corrected chi connectivity index (χ3v) is 3.91. The van der Waals surface area contributed by atoms with Gasteiger partial charge in [0.25, 0.3) is 5.91 Å². The minimum atomic E-state index is -0.276. The molecule has 0 spiro atoms. The number of ether oxygens (including phenoxy) is 2. The van der Waals surface area contributed by atoms with Gasteiger partial charge in [-0.15, -0.1) is 0 Å². The Bertz CT molecular complexity index is 760. The Morgan fingerprint density at radius 2 is 1.81 bits per heavy atom. The van der Waals surface area contributed by atoms with Gasteiger partial charge in [-0.3, -0.25) is 10.1 Å². The van der Waals surface area contributed by atoms with Crippen LogP contribution in [0.25, 0.3) is 0 Å². The van der Waals surface area contributed by atoms with Crippen LogP contribution in [0.2, 0.25) is 0 Å². The van der Waals surface area contributed by atoms with E-state index in [4.69, 9.17) is 21.7 Å². The lowest BCUT2D eigenvalue weighted by Gasteiger charge is -2.11. The lowest BCUT2D eigenvalue weighted by Crippen LogP contribution is -2.34. The zero-order valence-corrected chi connectivity index (χ0v) is 16.8. The number of hydrogen-bond donors (Lipinski definition) is 2. The summed E-state index contributed by atoms with van der Waals surface area (Å²) in [5, 5.41) is 5.89. The average molecular weight is 387 g/mol. The molecule has 1 amide bonds. The van der Waals surface area contributed by atoms with Crippen molar-refractivity contribution in [1.29, 1.82) is 0 Å². The molecule has 0 aromatic heterocycles. The number of carbonyl (C=O) groups is 1. The molecule has 0 radical (unpaired) electrons. The Morgan fingerprint density at radius 1 is 1.07 bits per heavy atom. The van der Waals surface area contributed by atoms with Crippen LogP contribution in [0.4, 0.5) is 5.69 Å². The van der Waals surface area contributed by atoms with Crippen LogP contribution in [0.15, 0.2) is 48.5 Å². The second kappa shape index (κ2) is 10.5. The molecule has 0 bridgehead atoms. The predicted octanol–water partition coefficient (Wildman–Crippen LogP) is 4.64. The van der Waals surface area contributed by atoms with Crippen molar-refractivity contribution in [3.63, 3.8) is 0 Å². The maximum absolute atomic E-state index is 12.3. The summed E-state index contributed by atoms with van der Waals surface area (Å²) < 4.78 is 11.1. The second-order valence-electron chi connectivity index (χ2n) is 6.42. The highest BCUT2D eigenvalue weighted by atomic mass is 32.1. The van der Waals surface area contributed by atoms with Crippen molar-refractivity contribution in [2.24, 2.45) is 5.92 Å². The summed E-state index contributed by atoms with van der Waals surface area (Å²) in [6.45, 7) is 7.48. The molecule has 0 heterocycles. The summed E-state index contributed by atoms with van der Waals surface area (Å²) in [5.74, 6) is 1.81. The molecule has 6 heteroatoms. The quantitative estimate of drug-likeness (QED) is 0.648. The second-order valence-corrected chi connectivity index (χ2v) is 6.83. The lowest BCUT2D eigenvalue weighted by molar-refractivity contribution is 0.0977. The number of benzene rings is 2. The monoisotopic (exact) mass is 386 g/mol. The maximum atomic E-state index is 12.3. The Balaban J connectivity index is 1.86. The van der Waals surface area contributed by atoms with E-state index in [1.165, 1.54) is 0 Å². The number of amides is 1. The predicted molar refractivity (Wildman–Crippen MR) is 113 cm³/mol. The van der Waals surface area contributed by atoms with E-state index in [1.807, 2.05) is 31.2 Å². The summed E-state index contributed by atoms with van der Waals surface area (Å²) in [7, 11) is 0. The Morgan fingerprint density at radius 3 is 2.48 bits per heavy atom. The third kappa shape index (κ3) is 7.27. The first kappa shape index (κ1) is 20.7. The van der Waals surface area contributed by atoms with Gasteiger partial charge in [0.1, 0.15) is 11.5 Å². The third-order valence-electron chi connectivity index (χ3n) is 3.71. The summed E-state index contributed by atoms with van der Waals surface area (Å²) in [4.78, 5) is 12.3. The van der Waals surface area contributed by atoms with E-state index in [0.29, 0.717) is 24.7 Å². The largest absolute Gasteiger partial charge is 0.494 e. The van der Waals surface area contributed by atoms with E-state index in [2.05, 4.69) is 24.5 Å². The molecule has 2 rings (SSSR count). The van der Waals surface area contributed by atoms with Gasteiger partial charge in [-0.1, -0.05) is 19.9 Å². The molecule has 2 aromatic carbocycles. The van der Waals surface area contributed by atoms with Crippen molar-refractivity contribution < 1.29 is 14.3 Å². The molecule has 0 saturated carbocycles. The number of hydrogen-bond acceptors (Lipinski definition) is 4. The number of carbonyl (C=O) groups excluding carboxylic acids is 1. The van der Waals surface area contributed by atoms with Gasteiger partial charge < -0.3 is 14.8 Å².